The topological polar surface area (TPSA) is 88.0 Å². The summed E-state index contributed by atoms with van der Waals surface area (Å²) < 4.78 is 11.6. The molecule has 0 spiro atoms. The molecule has 1 aromatic heterocycles. The lowest BCUT2D eigenvalue weighted by Gasteiger charge is -2.12. The highest BCUT2D eigenvalue weighted by molar-refractivity contribution is 9.10. The molecule has 1 N–H and O–H groups in total. The number of hydrogen-bond acceptors (Lipinski definition) is 5. The zero-order chi connectivity index (χ0) is 19.4. The van der Waals surface area contributed by atoms with Crippen molar-refractivity contribution in [3.05, 3.63) is 62.6 Å². The number of aromatic amines is 1. The van der Waals surface area contributed by atoms with Gasteiger partial charge in [0.1, 0.15) is 6.07 Å². The number of H-pyrrole nitrogens is 1. The molecule has 0 aliphatic heterocycles. The number of halogens is 1. The van der Waals surface area contributed by atoms with Crippen LogP contribution in [0.4, 0.5) is 0 Å². The predicted octanol–water partition coefficient (Wildman–Crippen LogP) is 4.16. The number of para-hydroxylation sites is 1. The number of methoxy groups -OCH3 is 1. The molecule has 7 heteroatoms. The molecule has 3 rings (SSSR count). The van der Waals surface area contributed by atoms with Gasteiger partial charge in [-0.05, 0) is 58.8 Å². The first kappa shape index (κ1) is 18.7. The number of allylic oxidation sites excluding steroid dienone is 1. The fourth-order valence-electron chi connectivity index (χ4n) is 2.67. The molecule has 6 nitrogen and oxygen atoms in total. The molecule has 0 unspecified atom stereocenters. The van der Waals surface area contributed by atoms with Crippen molar-refractivity contribution >= 4 is 38.5 Å². The third kappa shape index (κ3) is 3.86. The number of ether oxygens (including phenoxy) is 2. The van der Waals surface area contributed by atoms with Crippen LogP contribution >= 0.6 is 15.9 Å². The minimum Gasteiger partial charge on any atom is -0.492 e. The number of hydrogen-bond donors (Lipinski definition) is 1. The molecule has 0 bridgehead atoms. The zero-order valence-electron chi connectivity index (χ0n) is 14.7. The molecule has 0 radical (unpaired) electrons. The van der Waals surface area contributed by atoms with Gasteiger partial charge in [-0.25, -0.2) is 4.98 Å². The van der Waals surface area contributed by atoms with Gasteiger partial charge in [0.05, 0.1) is 34.7 Å². The number of aromatic nitrogens is 2. The van der Waals surface area contributed by atoms with Gasteiger partial charge in [0.15, 0.2) is 17.3 Å². The fraction of sp³-hybridized carbons (Fsp3) is 0.150. The lowest BCUT2D eigenvalue weighted by molar-refractivity contribution is 0.310. The number of fused-ring (bicyclic) bond motifs is 1. The monoisotopic (exact) mass is 425 g/mol. The highest BCUT2D eigenvalue weighted by Crippen LogP contribution is 2.37. The number of rotatable bonds is 5. The van der Waals surface area contributed by atoms with Crippen molar-refractivity contribution in [2.75, 3.05) is 13.7 Å². The van der Waals surface area contributed by atoms with Crippen LogP contribution in [0.3, 0.4) is 0 Å². The maximum absolute atomic E-state index is 12.3. The van der Waals surface area contributed by atoms with Crippen LogP contribution in [-0.2, 0) is 0 Å². The van der Waals surface area contributed by atoms with Crippen molar-refractivity contribution in [1.29, 1.82) is 5.26 Å². The van der Waals surface area contributed by atoms with E-state index in [1.54, 1.807) is 49.6 Å². The number of nitrogens with zero attached hydrogens (tertiary/aromatic N) is 2. The van der Waals surface area contributed by atoms with Gasteiger partial charge >= 0.3 is 0 Å². The maximum Gasteiger partial charge on any atom is 0.259 e. The van der Waals surface area contributed by atoms with Crippen molar-refractivity contribution in [3.63, 3.8) is 0 Å². The summed E-state index contributed by atoms with van der Waals surface area (Å²) in [5.41, 5.74) is 1.18. The second-order valence-corrected chi connectivity index (χ2v) is 6.42. The highest BCUT2D eigenvalue weighted by Gasteiger charge is 2.13. The summed E-state index contributed by atoms with van der Waals surface area (Å²) >= 11 is 3.45. The number of nitrogens with one attached hydrogen (secondary N) is 1. The first-order valence-corrected chi connectivity index (χ1v) is 8.98. The number of benzene rings is 2. The van der Waals surface area contributed by atoms with Gasteiger partial charge in [-0.1, -0.05) is 12.1 Å². The Morgan fingerprint density at radius 1 is 1.37 bits per heavy atom. The van der Waals surface area contributed by atoms with Gasteiger partial charge in [0.2, 0.25) is 0 Å². The Kier molecular flexibility index (Phi) is 5.57. The molecule has 2 aromatic carbocycles. The van der Waals surface area contributed by atoms with E-state index in [1.165, 1.54) is 0 Å². The summed E-state index contributed by atoms with van der Waals surface area (Å²) in [7, 11) is 1.56. The van der Waals surface area contributed by atoms with E-state index in [-0.39, 0.29) is 17.0 Å². The van der Waals surface area contributed by atoms with E-state index in [2.05, 4.69) is 32.0 Å². The predicted molar refractivity (Wildman–Crippen MR) is 108 cm³/mol. The Balaban J connectivity index is 2.13. The molecule has 27 heavy (non-hydrogen) atoms. The summed E-state index contributed by atoms with van der Waals surface area (Å²) in [5.74, 6) is 1.34. The Hall–Kier alpha value is -3.11. The normalized spacial score (nSPS) is 11.3. The van der Waals surface area contributed by atoms with Gasteiger partial charge in [0.25, 0.3) is 5.56 Å². The Morgan fingerprint density at radius 2 is 2.15 bits per heavy atom. The van der Waals surface area contributed by atoms with Gasteiger partial charge < -0.3 is 14.5 Å². The van der Waals surface area contributed by atoms with Crippen molar-refractivity contribution in [2.45, 2.75) is 6.92 Å². The molecule has 0 atom stereocenters. The number of nitriles is 1. The van der Waals surface area contributed by atoms with E-state index in [0.29, 0.717) is 39.0 Å². The molecular formula is C20H16BrN3O3. The van der Waals surface area contributed by atoms with Gasteiger partial charge in [-0.15, -0.1) is 0 Å². The van der Waals surface area contributed by atoms with Crippen molar-refractivity contribution in [3.8, 4) is 17.6 Å². The first-order valence-electron chi connectivity index (χ1n) is 8.19. The molecule has 0 fully saturated rings. The first-order chi connectivity index (χ1) is 13.1. The van der Waals surface area contributed by atoms with Gasteiger partial charge in [-0.3, -0.25) is 4.79 Å². The van der Waals surface area contributed by atoms with Crippen LogP contribution in [0.1, 0.15) is 18.3 Å². The van der Waals surface area contributed by atoms with E-state index in [1.807, 2.05) is 6.92 Å². The van der Waals surface area contributed by atoms with Crippen LogP contribution in [0.5, 0.6) is 11.5 Å². The van der Waals surface area contributed by atoms with Crippen LogP contribution < -0.4 is 15.0 Å². The largest absolute Gasteiger partial charge is 0.492 e. The van der Waals surface area contributed by atoms with E-state index in [9.17, 15) is 10.1 Å². The zero-order valence-corrected chi connectivity index (χ0v) is 16.3. The fourth-order valence-corrected chi connectivity index (χ4v) is 3.29. The van der Waals surface area contributed by atoms with Gasteiger partial charge in [-0.2, -0.15) is 5.26 Å². The smallest absolute Gasteiger partial charge is 0.259 e. The second kappa shape index (κ2) is 8.06. The Bertz CT molecular complexity index is 1130. The molecule has 0 aliphatic rings. The SMILES string of the molecule is CCOc1cc(/C=C(/C#N)c2nc3ccccc3c(=O)[nH]2)cc(Br)c1OC. The summed E-state index contributed by atoms with van der Waals surface area (Å²) in [5, 5.41) is 10.1. The summed E-state index contributed by atoms with van der Waals surface area (Å²) in [6.07, 6.45) is 1.64. The van der Waals surface area contributed by atoms with Crippen LogP contribution in [-0.4, -0.2) is 23.7 Å². The summed E-state index contributed by atoms with van der Waals surface area (Å²) in [6, 6.07) is 12.7. The van der Waals surface area contributed by atoms with Crippen molar-refractivity contribution < 1.29 is 9.47 Å². The molecule has 0 amide bonds. The van der Waals surface area contributed by atoms with Crippen LogP contribution in [0.2, 0.25) is 0 Å². The third-order valence-corrected chi connectivity index (χ3v) is 4.42. The van der Waals surface area contributed by atoms with Crippen molar-refractivity contribution in [2.24, 2.45) is 0 Å². The third-order valence-electron chi connectivity index (χ3n) is 3.84. The van der Waals surface area contributed by atoms with E-state index in [4.69, 9.17) is 9.47 Å². The lowest BCUT2D eigenvalue weighted by atomic mass is 10.1. The van der Waals surface area contributed by atoms with Gasteiger partial charge in [0, 0.05) is 0 Å². The van der Waals surface area contributed by atoms with Crippen LogP contribution in [0.25, 0.3) is 22.6 Å². The Morgan fingerprint density at radius 3 is 2.85 bits per heavy atom. The van der Waals surface area contributed by atoms with Crippen LogP contribution in [0, 0.1) is 11.3 Å². The summed E-state index contributed by atoms with van der Waals surface area (Å²) in [6.45, 7) is 2.35. The molecule has 1 heterocycles. The lowest BCUT2D eigenvalue weighted by Crippen LogP contribution is -2.11. The second-order valence-electron chi connectivity index (χ2n) is 5.57. The highest BCUT2D eigenvalue weighted by atomic mass is 79.9. The molecule has 136 valence electrons. The van der Waals surface area contributed by atoms with E-state index in [0.717, 1.165) is 0 Å². The van der Waals surface area contributed by atoms with E-state index >= 15 is 0 Å². The summed E-state index contributed by atoms with van der Waals surface area (Å²) in [4.78, 5) is 19.4. The molecule has 0 saturated heterocycles. The maximum atomic E-state index is 12.3. The molecule has 0 aliphatic carbocycles. The van der Waals surface area contributed by atoms with Crippen molar-refractivity contribution in [1.82, 2.24) is 9.97 Å². The van der Waals surface area contributed by atoms with Crippen LogP contribution in [0.15, 0.2) is 45.7 Å². The quantitative estimate of drug-likeness (QED) is 0.620. The van der Waals surface area contributed by atoms with E-state index < -0.39 is 0 Å². The minimum atomic E-state index is -0.289. The molecular weight excluding hydrogens is 410 g/mol. The minimum absolute atomic E-state index is 0.214. The molecule has 3 aromatic rings. The average molecular weight is 426 g/mol. The standard InChI is InChI=1S/C20H16BrN3O3/c1-3-27-17-10-12(9-15(21)18(17)26-2)8-13(11-22)19-23-16-7-5-4-6-14(16)20(25)24-19/h4-10H,3H2,1-2H3,(H,23,24,25)/b13-8-. The average Bonchev–Trinajstić information content (AvgIpc) is 2.66. The Labute approximate surface area is 164 Å². The molecule has 0 saturated carbocycles.